The van der Waals surface area contributed by atoms with Gasteiger partial charge in [0.25, 0.3) is 6.47 Å². The number of aromatic nitrogens is 3. The van der Waals surface area contributed by atoms with Crippen LogP contribution in [-0.4, -0.2) is 207 Å². The van der Waals surface area contributed by atoms with E-state index < -0.39 is 139 Å². The summed E-state index contributed by atoms with van der Waals surface area (Å²) in [6.07, 6.45) is 22.5. The molecule has 1 aliphatic rings. The van der Waals surface area contributed by atoms with Crippen LogP contribution in [0, 0.1) is 17.8 Å². The van der Waals surface area contributed by atoms with Crippen LogP contribution < -0.4 is 49.5 Å². The Balaban J connectivity index is 1.16. The van der Waals surface area contributed by atoms with Crippen LogP contribution in [-0.2, 0) is 84.6 Å². The summed E-state index contributed by atoms with van der Waals surface area (Å²) in [6.45, 7) is 7.22. The number of aliphatic hydroxyl groups excluding tert-OH is 1. The first-order chi connectivity index (χ1) is 60.8. The minimum atomic E-state index is -1.58. The molecule has 3 heterocycles. The van der Waals surface area contributed by atoms with Gasteiger partial charge < -0.3 is 83.9 Å². The molecule has 126 heavy (non-hydrogen) atoms. The van der Waals surface area contributed by atoms with E-state index in [9.17, 15) is 43.5 Å². The van der Waals surface area contributed by atoms with Crippen molar-refractivity contribution in [2.75, 3.05) is 52.5 Å². The molecule has 0 radical (unpaired) electrons. The van der Waals surface area contributed by atoms with Gasteiger partial charge in [-0.05, 0) is 101 Å². The van der Waals surface area contributed by atoms with E-state index in [-0.39, 0.29) is 139 Å². The average molecular weight is 1750 g/mol. The fourth-order valence-corrected chi connectivity index (χ4v) is 16.3. The van der Waals surface area contributed by atoms with E-state index in [1.54, 1.807) is 52.4 Å². The quantitative estimate of drug-likeness (QED) is 0.00568. The summed E-state index contributed by atoms with van der Waals surface area (Å²) in [7, 11) is 0. The fraction of sp³-hybridized carbons (Fsp3) is 0.596. The van der Waals surface area contributed by atoms with Crippen LogP contribution in [0.5, 0.6) is 0 Å². The van der Waals surface area contributed by atoms with Crippen molar-refractivity contribution in [2.24, 2.45) is 50.7 Å². The van der Waals surface area contributed by atoms with Gasteiger partial charge in [-0.1, -0.05) is 182 Å². The van der Waals surface area contributed by atoms with Gasteiger partial charge in [-0.15, -0.1) is 0 Å². The van der Waals surface area contributed by atoms with Crippen LogP contribution in [0.1, 0.15) is 261 Å². The number of guanidine groups is 2. The van der Waals surface area contributed by atoms with Crippen LogP contribution in [0.4, 0.5) is 0 Å². The van der Waals surface area contributed by atoms with Gasteiger partial charge in [0.2, 0.25) is 41.4 Å². The van der Waals surface area contributed by atoms with Crippen LogP contribution in [0.25, 0.3) is 10.9 Å². The zero-order valence-corrected chi connectivity index (χ0v) is 74.5. The second-order valence-electron chi connectivity index (χ2n) is 33.2. The number of likely N-dealkylation sites (tertiary alicyclic amines) is 1. The molecule has 0 bridgehead atoms. The molecule has 9 unspecified atom stereocenters. The number of aromatic amines is 2. The molecule has 0 aliphatic carbocycles. The number of carbonyl (C=O) groups is 13. The van der Waals surface area contributed by atoms with E-state index >= 15 is 24.0 Å². The van der Waals surface area contributed by atoms with Crippen molar-refractivity contribution >= 4 is 99.7 Å². The van der Waals surface area contributed by atoms with E-state index in [1.807, 2.05) is 55.5 Å². The summed E-state index contributed by atoms with van der Waals surface area (Å²) in [5.74, 6) is -11.5. The molecule has 9 atom stereocenters. The summed E-state index contributed by atoms with van der Waals surface area (Å²) in [6, 6.07) is 19.3. The average Bonchev–Trinajstić information content (AvgIpc) is 1.31. The first-order valence-corrected chi connectivity index (χ1v) is 45.6. The monoisotopic (exact) mass is 1750 g/mol. The van der Waals surface area contributed by atoms with Crippen LogP contribution in [0.2, 0.25) is 0 Å². The van der Waals surface area contributed by atoms with E-state index in [1.165, 1.54) is 90.1 Å². The Hall–Kier alpha value is -11.2. The number of esters is 1. The van der Waals surface area contributed by atoms with Gasteiger partial charge in [0.05, 0.1) is 37.5 Å². The molecular formula is C94H140N16O16. The lowest BCUT2D eigenvalue weighted by Crippen LogP contribution is -2.55. The number of rotatable bonds is 67. The maximum atomic E-state index is 15.9. The second-order valence-corrected chi connectivity index (χ2v) is 33.2. The first kappa shape index (κ1) is 104. The summed E-state index contributed by atoms with van der Waals surface area (Å²) in [5.41, 5.74) is 26.1. The Labute approximate surface area is 741 Å². The van der Waals surface area contributed by atoms with Gasteiger partial charge in [-0.3, -0.25) is 72.3 Å². The maximum absolute atomic E-state index is 15.9. The van der Waals surface area contributed by atoms with Gasteiger partial charge in [0.1, 0.15) is 30.5 Å². The standard InChI is InChI=1S/C94H140N16O16/c1-5-7-8-9-10-11-12-13-14-15-16-17-20-31-48-100-84(119)61-109(6-2)85(120)47-28-19-18-27-45-80(115)78(55-72-59-103-77-44-30-29-43-76(72)77)105-90(122)70(41-33-50-102-94(97)98)56-81(116)79(62-126-66(4)113)106-89(121)69(40-32-49-101-93(95)96)54-75(114)58-74-42-34-51-110(74)92(124)88(86(67-36-23-21-24-37-67)68-38-25-22-26-39-68)108-91(123)71(53-73-60-99-63-104-73)57-82(117)87(65(3)112)107-83(118)46-35-52-125-64-111/h21-26,29-30,36-39,43-44,59-60,63-65,69-71,74,78-79,86-88,103,112H,5-20,27-28,31-35,40-42,45-58,61-62H2,1-4H3,(H,99,104)(H,100,119)(H,105,122)(H,106,121)(H,107,118)(H,108,123)(H4,95,96,101)(H4,97,98,102). The highest BCUT2D eigenvalue weighted by atomic mass is 16.5. The van der Waals surface area contributed by atoms with Crippen LogP contribution >= 0.6 is 0 Å². The van der Waals surface area contributed by atoms with Crippen molar-refractivity contribution in [1.82, 2.24) is 51.3 Å². The number of benzene rings is 3. The molecule has 16 N–H and O–H groups in total. The van der Waals surface area contributed by atoms with Crippen molar-refractivity contribution in [3.8, 4) is 0 Å². The number of para-hydroxylation sites is 1. The summed E-state index contributed by atoms with van der Waals surface area (Å²) in [5, 5.41) is 26.0. The molecule has 1 aliphatic heterocycles. The maximum Gasteiger partial charge on any atom is 0.302 e. The molecule has 5 aromatic rings. The lowest BCUT2D eigenvalue weighted by Gasteiger charge is -2.35. The Morgan fingerprint density at radius 3 is 1.75 bits per heavy atom. The Morgan fingerprint density at radius 2 is 1.17 bits per heavy atom. The number of ether oxygens (including phenoxy) is 2. The third-order valence-corrected chi connectivity index (χ3v) is 23.2. The number of hydrogen-bond acceptors (Lipinski definition) is 19. The zero-order valence-electron chi connectivity index (χ0n) is 74.5. The molecule has 0 spiro atoms. The molecular weight excluding hydrogens is 1610 g/mol. The predicted molar refractivity (Wildman–Crippen MR) is 483 cm³/mol. The highest BCUT2D eigenvalue weighted by Crippen LogP contribution is 2.34. The fourth-order valence-electron chi connectivity index (χ4n) is 16.3. The van der Waals surface area contributed by atoms with Crippen molar-refractivity contribution in [1.29, 1.82) is 0 Å². The lowest BCUT2D eigenvalue weighted by molar-refractivity contribution is -0.145. The molecule has 6 rings (SSSR count). The molecule has 692 valence electrons. The third-order valence-electron chi connectivity index (χ3n) is 23.2. The topological polar surface area (TPSA) is 500 Å². The van der Waals surface area contributed by atoms with Crippen molar-refractivity contribution in [2.45, 2.75) is 288 Å². The molecule has 1 fully saturated rings. The molecule has 1 saturated heterocycles. The van der Waals surface area contributed by atoms with Gasteiger partial charge in [0.15, 0.2) is 29.3 Å². The SMILES string of the molecule is CCCCCCCCCCCCCCCCNC(=O)CN(CC)C(=O)CCCCCCC(=O)C(Cc1c[nH]c2ccccc12)NC(=O)C(CCCN=C(N)N)CC(=O)C(COC(C)=O)NC(=O)C(CCCN=C(N)N)CC(=O)CC1CCCN1C(=O)C(NC(=O)C(CC(=O)C(NC(=O)CCCOC=O)C(C)O)Cc1cnc[nH]1)C(c1ccccc1)c1ccccc1. The highest BCUT2D eigenvalue weighted by Gasteiger charge is 2.43. The smallest absolute Gasteiger partial charge is 0.302 e. The number of nitrogens with two attached hydrogens (primary N) is 4. The molecule has 7 amide bonds. The molecule has 2 aromatic heterocycles. The van der Waals surface area contributed by atoms with E-state index in [2.05, 4.69) is 58.4 Å². The number of aliphatic imine (C=N–C) groups is 2. The molecule has 32 heteroatoms. The predicted octanol–water partition coefficient (Wildman–Crippen LogP) is 8.91. The second kappa shape index (κ2) is 58.9. The lowest BCUT2D eigenvalue weighted by atomic mass is 9.83. The van der Waals surface area contributed by atoms with Crippen LogP contribution in [0.15, 0.2) is 114 Å². The summed E-state index contributed by atoms with van der Waals surface area (Å²) < 4.78 is 10.1. The zero-order chi connectivity index (χ0) is 91.4. The summed E-state index contributed by atoms with van der Waals surface area (Å²) in [4.78, 5) is 204. The van der Waals surface area contributed by atoms with E-state index in [0.717, 1.165) is 42.7 Å². The number of amides is 7. The Bertz CT molecular complexity index is 4190. The largest absolute Gasteiger partial charge is 0.468 e. The summed E-state index contributed by atoms with van der Waals surface area (Å²) >= 11 is 0. The van der Waals surface area contributed by atoms with Gasteiger partial charge in [-0.2, -0.15) is 0 Å². The number of H-pyrrole nitrogens is 2. The number of Topliss-reactive ketones (excluding diaryl/α,β-unsaturated/α-hetero) is 4. The van der Waals surface area contributed by atoms with Gasteiger partial charge >= 0.3 is 5.97 Å². The van der Waals surface area contributed by atoms with Gasteiger partial charge in [0, 0.05) is 150 Å². The van der Waals surface area contributed by atoms with E-state index in [4.69, 9.17) is 32.4 Å². The number of nitrogens with one attached hydrogen (secondary N) is 7. The third kappa shape index (κ3) is 38.7. The van der Waals surface area contributed by atoms with Crippen molar-refractivity contribution in [3.05, 3.63) is 126 Å². The molecule has 32 nitrogen and oxygen atoms in total. The van der Waals surface area contributed by atoms with Crippen molar-refractivity contribution in [3.63, 3.8) is 0 Å². The number of aliphatic hydroxyl groups is 1. The van der Waals surface area contributed by atoms with E-state index in [0.29, 0.717) is 68.4 Å². The first-order valence-electron chi connectivity index (χ1n) is 45.6. The normalized spacial score (nSPS) is 14.4. The van der Waals surface area contributed by atoms with Crippen LogP contribution in [0.3, 0.4) is 0 Å². The highest BCUT2D eigenvalue weighted by molar-refractivity contribution is 5.98. The molecule has 3 aromatic carbocycles. The minimum Gasteiger partial charge on any atom is -0.468 e. The Kier molecular flexibility index (Phi) is 48.4. The number of likely N-dealkylation sites (N-methyl/N-ethyl adjacent to an activating group) is 1. The van der Waals surface area contributed by atoms with Crippen molar-refractivity contribution < 1.29 is 76.9 Å². The Morgan fingerprint density at radius 1 is 0.603 bits per heavy atom. The number of unbranched alkanes of at least 4 members (excludes halogenated alkanes) is 16. The number of ketones is 4. The number of nitrogens with zero attached hydrogens (tertiary/aromatic N) is 5. The number of hydrogen-bond donors (Lipinski definition) is 12. The number of imidazole rings is 1. The number of carbonyl (C=O) groups excluding carboxylic acids is 13. The van der Waals surface area contributed by atoms with Gasteiger partial charge in [-0.25, -0.2) is 4.98 Å². The minimum absolute atomic E-state index is 0.00848. The number of fused-ring (bicyclic) bond motifs is 1. The molecule has 0 saturated carbocycles.